The second-order valence-corrected chi connectivity index (χ2v) is 8.40. The first kappa shape index (κ1) is 24.3. The third-order valence-electron chi connectivity index (χ3n) is 4.08. The van der Waals surface area contributed by atoms with Crippen molar-refractivity contribution in [2.24, 2.45) is 5.41 Å². The highest BCUT2D eigenvalue weighted by atomic mass is 35.5. The van der Waals surface area contributed by atoms with E-state index in [4.69, 9.17) is 51.2 Å². The van der Waals surface area contributed by atoms with Crippen LogP contribution in [0.15, 0.2) is 36.4 Å². The zero-order chi connectivity index (χ0) is 22.5. The summed E-state index contributed by atoms with van der Waals surface area (Å²) in [6, 6.07) is 9.47. The lowest BCUT2D eigenvalue weighted by molar-refractivity contribution is -0.178. The van der Waals surface area contributed by atoms with Gasteiger partial charge in [0.1, 0.15) is 0 Å². The number of nitrogens with zero attached hydrogens (tertiary/aromatic N) is 1. The van der Waals surface area contributed by atoms with Crippen LogP contribution in [-0.4, -0.2) is 29.2 Å². The van der Waals surface area contributed by atoms with Gasteiger partial charge in [-0.25, -0.2) is 4.79 Å². The molecule has 1 N–H and O–H groups in total. The van der Waals surface area contributed by atoms with E-state index in [1.54, 1.807) is 38.1 Å². The van der Waals surface area contributed by atoms with Crippen LogP contribution in [0.3, 0.4) is 0 Å². The van der Waals surface area contributed by atoms with E-state index in [1.807, 2.05) is 0 Å². The second kappa shape index (κ2) is 10.4. The number of carbonyl (C=O) groups is 3. The van der Waals surface area contributed by atoms with E-state index < -0.39 is 17.3 Å². The molecule has 0 aliphatic heterocycles. The lowest BCUT2D eigenvalue weighted by Crippen LogP contribution is -2.42. The van der Waals surface area contributed by atoms with Crippen molar-refractivity contribution in [1.82, 2.24) is 5.06 Å². The minimum absolute atomic E-state index is 0.00622. The average molecular weight is 492 g/mol. The van der Waals surface area contributed by atoms with Gasteiger partial charge in [0.25, 0.3) is 5.91 Å². The number of hydrogen-bond donors (Lipinski definition) is 1. The number of amides is 2. The largest absolute Gasteiger partial charge is 0.364 e. The van der Waals surface area contributed by atoms with Crippen LogP contribution in [0, 0.1) is 5.41 Å². The van der Waals surface area contributed by atoms with Gasteiger partial charge in [0.05, 0.1) is 28.2 Å². The van der Waals surface area contributed by atoms with Crippen molar-refractivity contribution in [3.8, 4) is 0 Å². The molecule has 0 saturated carbocycles. The van der Waals surface area contributed by atoms with E-state index >= 15 is 0 Å². The molecule has 2 amide bonds. The first-order chi connectivity index (χ1) is 14.1. The Balaban J connectivity index is 2.40. The van der Waals surface area contributed by atoms with Crippen molar-refractivity contribution < 1.29 is 19.2 Å². The summed E-state index contributed by atoms with van der Waals surface area (Å²) in [7, 11) is 0. The number of anilines is 1. The Bertz CT molecular complexity index is 966. The summed E-state index contributed by atoms with van der Waals surface area (Å²) >= 11 is 24.3. The number of hydroxylamine groups is 2. The van der Waals surface area contributed by atoms with E-state index in [2.05, 4.69) is 5.32 Å². The van der Waals surface area contributed by atoms with E-state index in [1.165, 1.54) is 12.1 Å². The predicted molar refractivity (Wildman–Crippen MR) is 118 cm³/mol. The predicted octanol–water partition coefficient (Wildman–Crippen LogP) is 5.58. The summed E-state index contributed by atoms with van der Waals surface area (Å²) in [5, 5.41) is 3.68. The first-order valence-corrected chi connectivity index (χ1v) is 10.3. The molecule has 10 heteroatoms. The molecule has 0 bridgehead atoms. The van der Waals surface area contributed by atoms with Gasteiger partial charge in [-0.3, -0.25) is 9.59 Å². The molecule has 2 rings (SSSR count). The highest BCUT2D eigenvalue weighted by Gasteiger charge is 2.34. The molecule has 0 aliphatic rings. The number of benzene rings is 2. The van der Waals surface area contributed by atoms with Gasteiger partial charge in [-0.1, -0.05) is 53.0 Å². The molecule has 0 radical (unpaired) electrons. The third-order valence-corrected chi connectivity index (χ3v) is 5.74. The van der Waals surface area contributed by atoms with Crippen molar-refractivity contribution in [3.05, 3.63) is 62.6 Å². The van der Waals surface area contributed by atoms with Crippen LogP contribution in [0.1, 0.15) is 29.8 Å². The molecule has 0 unspecified atom stereocenters. The molecular formula is C20H18Cl4N2O4. The SMILES string of the molecule is CC(C)(CCl)C(=O)N(Cc1ccccc1Cl)OC(=O)c1cc(Cl)cc(NC=O)c1Cl. The van der Waals surface area contributed by atoms with Crippen molar-refractivity contribution in [1.29, 1.82) is 0 Å². The smallest absolute Gasteiger partial charge is 0.332 e. The van der Waals surface area contributed by atoms with Crippen molar-refractivity contribution in [2.45, 2.75) is 20.4 Å². The normalized spacial score (nSPS) is 11.0. The number of nitrogens with one attached hydrogen (secondary N) is 1. The summed E-state index contributed by atoms with van der Waals surface area (Å²) in [6.07, 6.45) is 0.392. The lowest BCUT2D eigenvalue weighted by atomic mass is 9.95. The van der Waals surface area contributed by atoms with Crippen LogP contribution < -0.4 is 5.32 Å². The lowest BCUT2D eigenvalue weighted by Gasteiger charge is -2.29. The first-order valence-electron chi connectivity index (χ1n) is 8.63. The van der Waals surface area contributed by atoms with E-state index in [-0.39, 0.29) is 33.7 Å². The molecular weight excluding hydrogens is 474 g/mol. The van der Waals surface area contributed by atoms with Gasteiger partial charge < -0.3 is 10.2 Å². The molecule has 2 aromatic carbocycles. The number of alkyl halides is 1. The summed E-state index contributed by atoms with van der Waals surface area (Å²) in [5.41, 5.74) is -0.470. The highest BCUT2D eigenvalue weighted by Crippen LogP contribution is 2.31. The van der Waals surface area contributed by atoms with E-state index in [0.717, 1.165) is 5.06 Å². The molecule has 6 nitrogen and oxygen atoms in total. The maximum Gasteiger partial charge on any atom is 0.364 e. The fraction of sp³-hybridized carbons (Fsp3) is 0.250. The van der Waals surface area contributed by atoms with Gasteiger partial charge in [0.15, 0.2) is 0 Å². The minimum Gasteiger partial charge on any atom is -0.332 e. The van der Waals surface area contributed by atoms with Crippen LogP contribution in [0.2, 0.25) is 15.1 Å². The molecule has 30 heavy (non-hydrogen) atoms. The van der Waals surface area contributed by atoms with Crippen LogP contribution in [0.5, 0.6) is 0 Å². The zero-order valence-corrected chi connectivity index (χ0v) is 19.1. The van der Waals surface area contributed by atoms with Gasteiger partial charge in [-0.2, -0.15) is 5.06 Å². The van der Waals surface area contributed by atoms with Crippen LogP contribution in [-0.2, 0) is 21.0 Å². The minimum atomic E-state index is -1.02. The van der Waals surface area contributed by atoms with Crippen molar-refractivity contribution in [3.63, 3.8) is 0 Å². The number of halogens is 4. The molecule has 0 aliphatic carbocycles. The quantitative estimate of drug-likeness (QED) is 0.311. The zero-order valence-electron chi connectivity index (χ0n) is 16.0. The fourth-order valence-corrected chi connectivity index (χ4v) is 3.15. The van der Waals surface area contributed by atoms with Crippen LogP contribution in [0.25, 0.3) is 0 Å². The standard InChI is InChI=1S/C20H18Cl4N2O4/c1-20(2,10-21)19(29)26(9-12-5-3-4-6-15(12)23)30-18(28)14-7-13(22)8-16(17(14)24)25-11-27/h3-8,11H,9-10H2,1-2H3,(H,25,27). The van der Waals surface area contributed by atoms with Crippen molar-refractivity contribution >= 4 is 70.4 Å². The molecule has 0 heterocycles. The molecule has 160 valence electrons. The maximum absolute atomic E-state index is 13.0. The fourth-order valence-electron chi connectivity index (χ4n) is 2.38. The van der Waals surface area contributed by atoms with Crippen LogP contribution in [0.4, 0.5) is 5.69 Å². The Labute approximate surface area is 193 Å². The molecule has 0 aromatic heterocycles. The highest BCUT2D eigenvalue weighted by molar-refractivity contribution is 6.38. The topological polar surface area (TPSA) is 75.7 Å². The Hall–Kier alpha value is -1.99. The number of hydrogen-bond acceptors (Lipinski definition) is 4. The number of rotatable bonds is 7. The van der Waals surface area contributed by atoms with Gasteiger partial charge in [-0.05, 0) is 37.6 Å². The Kier molecular flexibility index (Phi) is 8.38. The van der Waals surface area contributed by atoms with Gasteiger partial charge >= 0.3 is 5.97 Å². The molecule has 0 fully saturated rings. The van der Waals surface area contributed by atoms with Gasteiger partial charge in [-0.15, -0.1) is 11.6 Å². The van der Waals surface area contributed by atoms with Gasteiger partial charge in [0, 0.05) is 15.9 Å². The summed E-state index contributed by atoms with van der Waals surface area (Å²) in [4.78, 5) is 42.0. The summed E-state index contributed by atoms with van der Waals surface area (Å²) in [6.45, 7) is 3.13. The third kappa shape index (κ3) is 5.79. The monoisotopic (exact) mass is 490 g/mol. The van der Waals surface area contributed by atoms with E-state index in [0.29, 0.717) is 17.0 Å². The second-order valence-electron chi connectivity index (χ2n) is 6.91. The number of carbonyl (C=O) groups excluding carboxylic acids is 3. The Morgan fingerprint density at radius 2 is 1.83 bits per heavy atom. The average Bonchev–Trinajstić information content (AvgIpc) is 2.71. The van der Waals surface area contributed by atoms with Crippen molar-refractivity contribution in [2.75, 3.05) is 11.2 Å². The summed E-state index contributed by atoms with van der Waals surface area (Å²) < 4.78 is 0. The van der Waals surface area contributed by atoms with E-state index in [9.17, 15) is 14.4 Å². The maximum atomic E-state index is 13.0. The Morgan fingerprint density at radius 1 is 1.17 bits per heavy atom. The van der Waals surface area contributed by atoms with Gasteiger partial charge in [0.2, 0.25) is 6.41 Å². The summed E-state index contributed by atoms with van der Waals surface area (Å²) in [5.74, 6) is -1.48. The van der Waals surface area contributed by atoms with Crippen LogP contribution >= 0.6 is 46.4 Å². The molecule has 0 spiro atoms. The molecule has 0 atom stereocenters. The molecule has 2 aromatic rings. The Morgan fingerprint density at radius 3 is 2.43 bits per heavy atom. The molecule has 0 saturated heterocycles.